The first-order chi connectivity index (χ1) is 25.9. The number of carbonyl (C=O) groups is 2. The Morgan fingerprint density at radius 3 is 2.30 bits per heavy atom. The molecule has 1 aromatic heterocycles. The second kappa shape index (κ2) is 18.6. The molecule has 0 saturated carbocycles. The van der Waals surface area contributed by atoms with Crippen LogP contribution in [0.3, 0.4) is 0 Å². The molecule has 53 heavy (non-hydrogen) atoms. The number of phenols is 1. The minimum Gasteiger partial charge on any atom is -0.508 e. The number of carbonyl (C=O) groups excluding carboxylic acids is 2. The van der Waals surface area contributed by atoms with E-state index in [0.29, 0.717) is 43.1 Å². The molecule has 3 atom stereocenters. The Bertz CT molecular complexity index is 1940. The predicted molar refractivity (Wildman–Crippen MR) is 197 cm³/mol. The van der Waals surface area contributed by atoms with Gasteiger partial charge in [-0.3, -0.25) is 14.8 Å². The summed E-state index contributed by atoms with van der Waals surface area (Å²) in [7, 11) is 0. The zero-order chi connectivity index (χ0) is 37.0. The Morgan fingerprint density at radius 1 is 0.849 bits per heavy atom. The highest BCUT2D eigenvalue weighted by Gasteiger charge is 2.33. The molecule has 1 fully saturated rings. The fourth-order valence-corrected chi connectivity index (χ4v) is 6.98. The van der Waals surface area contributed by atoms with E-state index in [0.717, 1.165) is 45.5 Å². The van der Waals surface area contributed by atoms with E-state index in [-0.39, 0.29) is 36.9 Å². The zero-order valence-electron chi connectivity index (χ0n) is 29.0. The number of aromatic nitrogens is 4. The molecular formula is C39H42N6O7S. The summed E-state index contributed by atoms with van der Waals surface area (Å²) in [5, 5.41) is 43.7. The van der Waals surface area contributed by atoms with Gasteiger partial charge in [0.05, 0.1) is 24.5 Å². The smallest absolute Gasteiger partial charge is 0.243 e. The van der Waals surface area contributed by atoms with E-state index in [4.69, 9.17) is 14.7 Å². The van der Waals surface area contributed by atoms with Gasteiger partial charge in [-0.2, -0.15) is 4.68 Å². The molecule has 0 aliphatic carbocycles. The normalized spacial score (nSPS) is 17.0. The second-order valence-corrected chi connectivity index (χ2v) is 13.7. The quantitative estimate of drug-likeness (QED) is 0.0350. The summed E-state index contributed by atoms with van der Waals surface area (Å²) in [4.78, 5) is 23.7. The van der Waals surface area contributed by atoms with E-state index < -0.39 is 12.2 Å². The number of aromatic hydroxyl groups is 1. The molecule has 1 saturated heterocycles. The van der Waals surface area contributed by atoms with Crippen molar-refractivity contribution < 1.29 is 34.5 Å². The molecule has 1 aliphatic rings. The summed E-state index contributed by atoms with van der Waals surface area (Å²) in [6, 6.07) is 30.4. The van der Waals surface area contributed by atoms with Gasteiger partial charge in [0.25, 0.3) is 0 Å². The van der Waals surface area contributed by atoms with Crippen molar-refractivity contribution in [3.63, 3.8) is 0 Å². The van der Waals surface area contributed by atoms with Crippen LogP contribution in [0.4, 0.5) is 0 Å². The molecule has 276 valence electrons. The largest absolute Gasteiger partial charge is 0.508 e. The molecule has 1 aliphatic heterocycles. The van der Waals surface area contributed by atoms with Crippen LogP contribution in [0.5, 0.6) is 5.75 Å². The van der Waals surface area contributed by atoms with Crippen molar-refractivity contribution in [3.05, 3.63) is 119 Å². The SMILES string of the molecule is O=C(CCCCCC(=O)NCc1ccccc1-c1ccc([C@@H]2O[C@H](CSc3nnnn3-c3ccc(O)cc3)C[C@H](c3ccc(CO)cc3)O2)cc1)NO. The Kier molecular flexibility index (Phi) is 13.2. The van der Waals surface area contributed by atoms with Gasteiger partial charge < -0.3 is 25.0 Å². The van der Waals surface area contributed by atoms with Crippen LogP contribution in [0.2, 0.25) is 0 Å². The van der Waals surface area contributed by atoms with Crippen molar-refractivity contribution in [2.75, 3.05) is 5.75 Å². The topological polar surface area (TPSA) is 181 Å². The summed E-state index contributed by atoms with van der Waals surface area (Å²) >= 11 is 1.47. The van der Waals surface area contributed by atoms with Crippen LogP contribution >= 0.6 is 11.8 Å². The third kappa shape index (κ3) is 10.3. The van der Waals surface area contributed by atoms with E-state index >= 15 is 0 Å². The summed E-state index contributed by atoms with van der Waals surface area (Å²) in [5.41, 5.74) is 7.99. The van der Waals surface area contributed by atoms with Crippen LogP contribution in [-0.4, -0.2) is 59.3 Å². The molecule has 2 heterocycles. The fraction of sp³-hybridized carbons (Fsp3) is 0.308. The number of benzene rings is 4. The zero-order valence-corrected chi connectivity index (χ0v) is 29.8. The summed E-state index contributed by atoms with van der Waals surface area (Å²) in [5.74, 6) is 0.237. The Morgan fingerprint density at radius 2 is 1.57 bits per heavy atom. The summed E-state index contributed by atoms with van der Waals surface area (Å²) < 4.78 is 14.7. The number of rotatable bonds is 16. The number of phenolic OH excluding ortho intramolecular Hbond substituents is 1. The lowest BCUT2D eigenvalue weighted by Gasteiger charge is -2.36. The van der Waals surface area contributed by atoms with Crippen LogP contribution in [-0.2, 0) is 32.2 Å². The Hall–Kier alpha value is -5.12. The molecule has 5 N–H and O–H groups in total. The molecule has 5 aromatic rings. The minimum atomic E-state index is -0.647. The lowest BCUT2D eigenvalue weighted by molar-refractivity contribution is -0.245. The number of hydroxylamine groups is 1. The van der Waals surface area contributed by atoms with Crippen molar-refractivity contribution in [1.29, 1.82) is 0 Å². The maximum atomic E-state index is 12.5. The van der Waals surface area contributed by atoms with E-state index in [1.807, 2.05) is 72.8 Å². The number of aliphatic hydroxyl groups excluding tert-OH is 1. The van der Waals surface area contributed by atoms with E-state index in [2.05, 4.69) is 20.8 Å². The predicted octanol–water partition coefficient (Wildman–Crippen LogP) is 5.94. The van der Waals surface area contributed by atoms with Crippen molar-refractivity contribution in [2.24, 2.45) is 0 Å². The monoisotopic (exact) mass is 738 g/mol. The van der Waals surface area contributed by atoms with Gasteiger partial charge in [-0.1, -0.05) is 91.0 Å². The number of ether oxygens (including phenoxy) is 2. The Balaban J connectivity index is 1.12. The molecule has 6 rings (SSSR count). The van der Waals surface area contributed by atoms with Crippen molar-refractivity contribution in [3.8, 4) is 22.6 Å². The van der Waals surface area contributed by atoms with Gasteiger partial charge >= 0.3 is 0 Å². The molecule has 4 aromatic carbocycles. The number of nitrogens with zero attached hydrogens (tertiary/aromatic N) is 4. The van der Waals surface area contributed by atoms with E-state index in [1.54, 1.807) is 34.4 Å². The number of tetrazole rings is 1. The average Bonchev–Trinajstić information content (AvgIpc) is 3.68. The maximum Gasteiger partial charge on any atom is 0.243 e. The lowest BCUT2D eigenvalue weighted by atomic mass is 9.97. The molecule has 14 heteroatoms. The van der Waals surface area contributed by atoms with Gasteiger partial charge in [-0.05, 0) is 75.4 Å². The van der Waals surface area contributed by atoms with Gasteiger partial charge in [0, 0.05) is 37.1 Å². The van der Waals surface area contributed by atoms with Crippen LogP contribution in [0.15, 0.2) is 102 Å². The fourth-order valence-electron chi connectivity index (χ4n) is 6.08. The molecule has 13 nitrogen and oxygen atoms in total. The molecule has 0 spiro atoms. The van der Waals surface area contributed by atoms with Crippen LogP contribution in [0.25, 0.3) is 16.8 Å². The van der Waals surface area contributed by atoms with Crippen molar-refractivity contribution in [2.45, 2.75) is 75.3 Å². The lowest BCUT2D eigenvalue weighted by Crippen LogP contribution is -2.31. The van der Waals surface area contributed by atoms with Crippen molar-refractivity contribution >= 4 is 23.6 Å². The third-order valence-corrected chi connectivity index (χ3v) is 10.0. The van der Waals surface area contributed by atoms with E-state index in [1.165, 1.54) is 11.8 Å². The first-order valence-electron chi connectivity index (χ1n) is 17.5. The van der Waals surface area contributed by atoms with E-state index in [9.17, 15) is 19.8 Å². The number of aliphatic hydroxyl groups is 1. The van der Waals surface area contributed by atoms with Gasteiger partial charge in [-0.25, -0.2) is 5.48 Å². The number of unbranched alkanes of at least 4 members (excludes halogenated alkanes) is 2. The van der Waals surface area contributed by atoms with Crippen LogP contribution < -0.4 is 10.8 Å². The van der Waals surface area contributed by atoms with Crippen molar-refractivity contribution in [1.82, 2.24) is 31.0 Å². The minimum absolute atomic E-state index is 0.0382. The number of hydrogen-bond donors (Lipinski definition) is 5. The highest BCUT2D eigenvalue weighted by atomic mass is 32.2. The first-order valence-corrected chi connectivity index (χ1v) is 18.5. The molecule has 0 unspecified atom stereocenters. The number of thioether (sulfide) groups is 1. The standard InChI is InChI=1S/C39H42N6O7S/c46-24-26-10-12-28(13-11-26)35-22-33(25-53-39-41-43-44-45(39)31-18-20-32(47)21-19-31)51-38(52-35)29-16-14-27(15-17-29)34-7-5-4-6-30(34)23-40-36(48)8-2-1-3-9-37(49)42-50/h4-7,10-21,33,35,38,46-47,50H,1-3,8-9,22-25H2,(H,40,48)(H,42,49)/t33-,35+,38+/m0/s1. The molecule has 0 radical (unpaired) electrons. The van der Waals surface area contributed by atoms with Crippen LogP contribution in [0.1, 0.15) is 73.2 Å². The molecule has 0 bridgehead atoms. The average molecular weight is 739 g/mol. The number of amides is 2. The second-order valence-electron chi connectivity index (χ2n) is 12.7. The first kappa shape index (κ1) is 37.6. The van der Waals surface area contributed by atoms with Gasteiger partial charge in [0.15, 0.2) is 6.29 Å². The maximum absolute atomic E-state index is 12.5. The highest BCUT2D eigenvalue weighted by Crippen LogP contribution is 2.40. The molecule has 2 amide bonds. The van der Waals surface area contributed by atoms with Gasteiger partial charge in [-0.15, -0.1) is 5.10 Å². The van der Waals surface area contributed by atoms with Gasteiger partial charge in [0.1, 0.15) is 5.75 Å². The third-order valence-electron chi connectivity index (χ3n) is 8.97. The number of nitrogens with one attached hydrogen (secondary N) is 2. The highest BCUT2D eigenvalue weighted by molar-refractivity contribution is 7.99. The number of hydrogen-bond acceptors (Lipinski definition) is 11. The summed E-state index contributed by atoms with van der Waals surface area (Å²) in [6.07, 6.45) is 2.06. The molecular weight excluding hydrogens is 697 g/mol. The van der Waals surface area contributed by atoms with Crippen LogP contribution in [0, 0.1) is 0 Å². The Labute approximate surface area is 311 Å². The van der Waals surface area contributed by atoms with Gasteiger partial charge in [0.2, 0.25) is 17.0 Å². The summed E-state index contributed by atoms with van der Waals surface area (Å²) in [6.45, 7) is 0.341.